The number of aryl methyl sites for hydroxylation is 3. The van der Waals surface area contributed by atoms with E-state index in [1.54, 1.807) is 11.3 Å². The maximum absolute atomic E-state index is 12.1. The van der Waals surface area contributed by atoms with E-state index in [9.17, 15) is 9.59 Å². The molecule has 5 heteroatoms. The van der Waals surface area contributed by atoms with Crippen molar-refractivity contribution in [2.45, 2.75) is 52.0 Å². The van der Waals surface area contributed by atoms with Crippen molar-refractivity contribution in [3.05, 3.63) is 21.4 Å². The summed E-state index contributed by atoms with van der Waals surface area (Å²) < 4.78 is 0. The van der Waals surface area contributed by atoms with Crippen molar-refractivity contribution < 1.29 is 14.7 Å². The first-order valence-electron chi connectivity index (χ1n) is 7.07. The summed E-state index contributed by atoms with van der Waals surface area (Å²) in [5.74, 6) is -0.889. The lowest BCUT2D eigenvalue weighted by atomic mass is 10.1. The summed E-state index contributed by atoms with van der Waals surface area (Å²) in [7, 11) is 0. The molecule has 0 bridgehead atoms. The first-order valence-corrected chi connectivity index (χ1v) is 7.89. The van der Waals surface area contributed by atoms with Gasteiger partial charge in [-0.1, -0.05) is 0 Å². The molecule has 2 rings (SSSR count). The second-order valence-electron chi connectivity index (χ2n) is 5.38. The molecule has 1 atom stereocenters. The van der Waals surface area contributed by atoms with Gasteiger partial charge in [0.05, 0.1) is 0 Å². The van der Waals surface area contributed by atoms with Crippen LogP contribution in [0.1, 0.15) is 41.0 Å². The molecule has 1 saturated heterocycles. The minimum Gasteiger partial charge on any atom is -0.480 e. The quantitative estimate of drug-likeness (QED) is 0.908. The van der Waals surface area contributed by atoms with Crippen LogP contribution in [-0.4, -0.2) is 34.5 Å². The first-order chi connectivity index (χ1) is 9.49. The van der Waals surface area contributed by atoms with Crippen LogP contribution < -0.4 is 0 Å². The Morgan fingerprint density at radius 1 is 1.45 bits per heavy atom. The Morgan fingerprint density at radius 2 is 2.20 bits per heavy atom. The SMILES string of the molecule is Cc1cc(CCCC(=O)N2CCC[C@@H]2C(=O)O)c(C)s1. The fraction of sp³-hybridized carbons (Fsp3) is 0.600. The number of rotatable bonds is 5. The third-order valence-electron chi connectivity index (χ3n) is 3.84. The third kappa shape index (κ3) is 3.39. The standard InChI is InChI=1S/C15H21NO3S/c1-10-9-12(11(2)20-10)5-3-7-14(17)16-8-4-6-13(16)15(18)19/h9,13H,3-8H2,1-2H3,(H,18,19)/t13-/m1/s1. The van der Waals surface area contributed by atoms with E-state index >= 15 is 0 Å². The van der Waals surface area contributed by atoms with E-state index in [4.69, 9.17) is 5.11 Å². The Morgan fingerprint density at radius 3 is 2.80 bits per heavy atom. The Hall–Kier alpha value is -1.36. The number of likely N-dealkylation sites (tertiary alicyclic amines) is 1. The molecule has 20 heavy (non-hydrogen) atoms. The van der Waals surface area contributed by atoms with Crippen LogP contribution in [0.3, 0.4) is 0 Å². The van der Waals surface area contributed by atoms with Gasteiger partial charge in [-0.05, 0) is 51.2 Å². The summed E-state index contributed by atoms with van der Waals surface area (Å²) in [6.45, 7) is 4.79. The number of carboxylic acids is 1. The second-order valence-corrected chi connectivity index (χ2v) is 6.84. The number of carbonyl (C=O) groups is 2. The van der Waals surface area contributed by atoms with Crippen LogP contribution in [0.4, 0.5) is 0 Å². The Balaban J connectivity index is 1.83. The first kappa shape index (κ1) is 15.0. The molecule has 4 nitrogen and oxygen atoms in total. The molecule has 0 saturated carbocycles. The van der Waals surface area contributed by atoms with Gasteiger partial charge in [-0.25, -0.2) is 4.79 Å². The molecule has 1 aliphatic heterocycles. The maximum atomic E-state index is 12.1. The van der Waals surface area contributed by atoms with Crippen molar-refractivity contribution in [2.24, 2.45) is 0 Å². The molecule has 0 spiro atoms. The number of carboxylic acid groups (broad SMARTS) is 1. The lowest BCUT2D eigenvalue weighted by Gasteiger charge is -2.21. The molecule has 1 amide bonds. The third-order valence-corrected chi connectivity index (χ3v) is 4.85. The average molecular weight is 295 g/mol. The smallest absolute Gasteiger partial charge is 0.326 e. The summed E-state index contributed by atoms with van der Waals surface area (Å²) >= 11 is 1.78. The lowest BCUT2D eigenvalue weighted by Crippen LogP contribution is -2.40. The Bertz CT molecular complexity index is 509. The Labute approximate surface area is 123 Å². The van der Waals surface area contributed by atoms with Gasteiger partial charge in [0.15, 0.2) is 0 Å². The number of amides is 1. The number of hydrogen-bond donors (Lipinski definition) is 1. The number of hydrogen-bond acceptors (Lipinski definition) is 3. The van der Waals surface area contributed by atoms with Gasteiger partial charge in [0.1, 0.15) is 6.04 Å². The van der Waals surface area contributed by atoms with E-state index in [0.717, 1.165) is 19.3 Å². The molecule has 0 radical (unpaired) electrons. The van der Waals surface area contributed by atoms with E-state index in [0.29, 0.717) is 19.4 Å². The van der Waals surface area contributed by atoms with E-state index in [1.807, 2.05) is 0 Å². The zero-order chi connectivity index (χ0) is 14.7. The summed E-state index contributed by atoms with van der Waals surface area (Å²) in [6.07, 6.45) is 3.51. The molecular formula is C15H21NO3S. The van der Waals surface area contributed by atoms with Crippen LogP contribution in [-0.2, 0) is 16.0 Å². The molecule has 1 aromatic rings. The summed E-state index contributed by atoms with van der Waals surface area (Å²) in [5.41, 5.74) is 1.32. The van der Waals surface area contributed by atoms with Crippen LogP contribution in [0.5, 0.6) is 0 Å². The largest absolute Gasteiger partial charge is 0.480 e. The van der Waals surface area contributed by atoms with Crippen molar-refractivity contribution in [2.75, 3.05) is 6.54 Å². The molecule has 1 N–H and O–H groups in total. The monoisotopic (exact) mass is 295 g/mol. The molecule has 1 aliphatic rings. The number of aliphatic carboxylic acids is 1. The fourth-order valence-corrected chi connectivity index (χ4v) is 3.80. The van der Waals surface area contributed by atoms with E-state index in [-0.39, 0.29) is 5.91 Å². The number of thiophene rings is 1. The highest BCUT2D eigenvalue weighted by molar-refractivity contribution is 7.12. The zero-order valence-electron chi connectivity index (χ0n) is 12.0. The van der Waals surface area contributed by atoms with Crippen molar-refractivity contribution in [1.82, 2.24) is 4.90 Å². The number of nitrogens with zero attached hydrogens (tertiary/aromatic N) is 1. The summed E-state index contributed by atoms with van der Waals surface area (Å²) in [6, 6.07) is 1.58. The van der Waals surface area contributed by atoms with Gasteiger partial charge in [-0.2, -0.15) is 0 Å². The summed E-state index contributed by atoms with van der Waals surface area (Å²) in [5, 5.41) is 9.08. The molecule has 0 aromatic carbocycles. The minimum atomic E-state index is -0.875. The highest BCUT2D eigenvalue weighted by atomic mass is 32.1. The van der Waals surface area contributed by atoms with Gasteiger partial charge < -0.3 is 10.0 Å². The van der Waals surface area contributed by atoms with Crippen molar-refractivity contribution >= 4 is 23.2 Å². The molecule has 1 aromatic heterocycles. The van der Waals surface area contributed by atoms with Gasteiger partial charge >= 0.3 is 5.97 Å². The van der Waals surface area contributed by atoms with Gasteiger partial charge in [0, 0.05) is 22.7 Å². The van der Waals surface area contributed by atoms with Crippen molar-refractivity contribution in [1.29, 1.82) is 0 Å². The van der Waals surface area contributed by atoms with E-state index in [2.05, 4.69) is 19.9 Å². The van der Waals surface area contributed by atoms with Gasteiger partial charge in [0.2, 0.25) is 5.91 Å². The van der Waals surface area contributed by atoms with E-state index in [1.165, 1.54) is 20.2 Å². The normalized spacial score (nSPS) is 18.5. The molecular weight excluding hydrogens is 274 g/mol. The molecule has 0 aliphatic carbocycles. The molecule has 0 unspecified atom stereocenters. The average Bonchev–Trinajstić information content (AvgIpc) is 2.96. The predicted octanol–water partition coefficient (Wildman–Crippen LogP) is 2.76. The predicted molar refractivity (Wildman–Crippen MR) is 79.1 cm³/mol. The van der Waals surface area contributed by atoms with Gasteiger partial charge in [-0.3, -0.25) is 4.79 Å². The number of carbonyl (C=O) groups excluding carboxylic acids is 1. The fourth-order valence-electron chi connectivity index (χ4n) is 2.83. The molecule has 1 fully saturated rings. The highest BCUT2D eigenvalue weighted by Gasteiger charge is 2.33. The maximum Gasteiger partial charge on any atom is 0.326 e. The van der Waals surface area contributed by atoms with Crippen LogP contribution in [0, 0.1) is 13.8 Å². The van der Waals surface area contributed by atoms with Crippen LogP contribution in [0.25, 0.3) is 0 Å². The topological polar surface area (TPSA) is 57.6 Å². The van der Waals surface area contributed by atoms with Gasteiger partial charge in [-0.15, -0.1) is 11.3 Å². The zero-order valence-corrected chi connectivity index (χ0v) is 12.8. The van der Waals surface area contributed by atoms with Crippen molar-refractivity contribution in [3.8, 4) is 0 Å². The van der Waals surface area contributed by atoms with Crippen molar-refractivity contribution in [3.63, 3.8) is 0 Å². The minimum absolute atomic E-state index is 0.0143. The Kier molecular flexibility index (Phi) is 4.81. The highest BCUT2D eigenvalue weighted by Crippen LogP contribution is 2.23. The molecule has 110 valence electrons. The summed E-state index contributed by atoms with van der Waals surface area (Å²) in [4.78, 5) is 27.3. The van der Waals surface area contributed by atoms with E-state index < -0.39 is 12.0 Å². The van der Waals surface area contributed by atoms with Gasteiger partial charge in [0.25, 0.3) is 0 Å². The van der Waals surface area contributed by atoms with Crippen LogP contribution >= 0.6 is 11.3 Å². The van der Waals surface area contributed by atoms with Crippen LogP contribution in [0.2, 0.25) is 0 Å². The molecule has 2 heterocycles. The van der Waals surface area contributed by atoms with Crippen LogP contribution in [0.15, 0.2) is 6.07 Å². The lowest BCUT2D eigenvalue weighted by molar-refractivity contribution is -0.148. The second kappa shape index (κ2) is 6.39.